The molecule has 2 rings (SSSR count). The van der Waals surface area contributed by atoms with E-state index in [0.29, 0.717) is 17.7 Å². The Morgan fingerprint density at radius 3 is 2.38 bits per heavy atom. The van der Waals surface area contributed by atoms with Crippen LogP contribution in [-0.4, -0.2) is 63.1 Å². The van der Waals surface area contributed by atoms with Gasteiger partial charge in [0, 0.05) is 24.6 Å². The normalized spacial score (nSPS) is 19.2. The maximum atomic E-state index is 13.7. The van der Waals surface area contributed by atoms with Gasteiger partial charge in [-0.05, 0) is 37.7 Å². The summed E-state index contributed by atoms with van der Waals surface area (Å²) in [5.74, 6) is -3.19. The van der Waals surface area contributed by atoms with Gasteiger partial charge in [0.05, 0.1) is 11.7 Å². The first-order valence-corrected chi connectivity index (χ1v) is 13.8. The van der Waals surface area contributed by atoms with E-state index in [4.69, 9.17) is 5.73 Å². The van der Waals surface area contributed by atoms with Crippen LogP contribution in [-0.2, 0) is 24.8 Å². The number of nitrogens with two attached hydrogens (primary N) is 1. The first-order chi connectivity index (χ1) is 18.3. The van der Waals surface area contributed by atoms with Crippen LogP contribution in [0.3, 0.4) is 0 Å². The summed E-state index contributed by atoms with van der Waals surface area (Å²) in [5, 5.41) is 23.4. The molecule has 0 aromatic heterocycles. The second-order valence-electron chi connectivity index (χ2n) is 11.1. The largest absolute Gasteiger partial charge is 0.480 e. The smallest absolute Gasteiger partial charge is 0.325 e. The number of rotatable bonds is 15. The average molecular weight is 545 g/mol. The highest BCUT2D eigenvalue weighted by Crippen LogP contribution is 2.39. The third kappa shape index (κ3) is 8.69. The van der Waals surface area contributed by atoms with E-state index in [2.05, 4.69) is 17.2 Å². The summed E-state index contributed by atoms with van der Waals surface area (Å²) in [6, 6.07) is 2.97. The number of hydrogen-bond acceptors (Lipinski definition) is 7. The van der Waals surface area contributed by atoms with Crippen molar-refractivity contribution in [3.05, 3.63) is 29.8 Å². The van der Waals surface area contributed by atoms with Gasteiger partial charge in [0.2, 0.25) is 17.7 Å². The molecule has 1 aromatic rings. The van der Waals surface area contributed by atoms with E-state index in [1.807, 2.05) is 20.8 Å². The van der Waals surface area contributed by atoms with E-state index in [1.165, 1.54) is 13.1 Å². The van der Waals surface area contributed by atoms with Gasteiger partial charge in [0.25, 0.3) is 0 Å². The Morgan fingerprint density at radius 1 is 1.10 bits per heavy atom. The lowest BCUT2D eigenvalue weighted by Crippen LogP contribution is -2.59. The molecule has 0 saturated heterocycles. The summed E-state index contributed by atoms with van der Waals surface area (Å²) in [7, 11) is 0. The molecular weight excluding hydrogens is 500 g/mol. The number of carbonyl (C=O) groups excluding carboxylic acids is 3. The molecule has 1 aromatic carbocycles. The third-order valence-corrected chi connectivity index (χ3v) is 7.09. The Hall–Kier alpha value is -3.11. The maximum absolute atomic E-state index is 13.7. The Labute approximate surface area is 231 Å². The summed E-state index contributed by atoms with van der Waals surface area (Å²) in [6.45, 7) is 9.19. The van der Waals surface area contributed by atoms with Crippen LogP contribution in [0.15, 0.2) is 29.3 Å². The van der Waals surface area contributed by atoms with Gasteiger partial charge < -0.3 is 21.3 Å². The van der Waals surface area contributed by atoms with Crippen molar-refractivity contribution in [2.45, 2.75) is 103 Å². The van der Waals surface area contributed by atoms with E-state index in [1.54, 1.807) is 24.3 Å². The zero-order valence-corrected chi connectivity index (χ0v) is 23.7. The summed E-state index contributed by atoms with van der Waals surface area (Å²) in [4.78, 5) is 57.5. The molecule has 0 spiro atoms. The second kappa shape index (κ2) is 14.3. The SMILES string of the molecule is CCCC[C@H](C)CCC(=O)N(C(=O)[C@H](N)CC(C)C)[C@@H](C[C@@]1(O)C=Nc2ccccc21)C(=O)N[C@@H](C)C(=O)O. The number of aliphatic carboxylic acids is 1. The molecular formula is C29H44N4O6. The predicted octanol–water partition coefficient (Wildman–Crippen LogP) is 3.27. The minimum atomic E-state index is -1.76. The van der Waals surface area contributed by atoms with E-state index >= 15 is 0 Å². The molecule has 0 fully saturated rings. The van der Waals surface area contributed by atoms with Crippen molar-refractivity contribution in [2.24, 2.45) is 22.6 Å². The number of imide groups is 1. The van der Waals surface area contributed by atoms with Crippen LogP contribution in [0.2, 0.25) is 0 Å². The van der Waals surface area contributed by atoms with E-state index in [0.717, 1.165) is 24.2 Å². The van der Waals surface area contributed by atoms with Crippen molar-refractivity contribution in [3.63, 3.8) is 0 Å². The van der Waals surface area contributed by atoms with Gasteiger partial charge in [-0.15, -0.1) is 0 Å². The zero-order chi connectivity index (χ0) is 29.3. The standard InChI is InChI=1S/C29H44N4O6/c1-6-7-10-19(4)13-14-25(34)33(27(36)22(30)15-18(2)3)24(26(35)32-20(5)28(37)38)16-29(39)17-31-23-12-9-8-11-21(23)29/h8-9,11-12,17-20,22,24,39H,6-7,10,13-16,30H2,1-5H3,(H,32,35)(H,37,38)/t19-,20-,22+,24-,29+/m0/s1. The monoisotopic (exact) mass is 544 g/mol. The van der Waals surface area contributed by atoms with Crippen LogP contribution in [0.5, 0.6) is 0 Å². The van der Waals surface area contributed by atoms with Gasteiger partial charge in [0.1, 0.15) is 17.7 Å². The minimum absolute atomic E-state index is 0.00634. The lowest BCUT2D eigenvalue weighted by Gasteiger charge is -2.35. The van der Waals surface area contributed by atoms with Crippen molar-refractivity contribution < 1.29 is 29.4 Å². The number of amides is 3. The highest BCUT2D eigenvalue weighted by atomic mass is 16.4. The fraction of sp³-hybridized carbons (Fsp3) is 0.621. The number of carboxylic acids is 1. The second-order valence-corrected chi connectivity index (χ2v) is 11.1. The van der Waals surface area contributed by atoms with E-state index in [9.17, 15) is 29.4 Å². The minimum Gasteiger partial charge on any atom is -0.480 e. The Balaban J connectivity index is 2.50. The topological polar surface area (TPSA) is 162 Å². The van der Waals surface area contributed by atoms with Crippen LogP contribution in [0.25, 0.3) is 0 Å². The van der Waals surface area contributed by atoms with Crippen LogP contribution in [0, 0.1) is 11.8 Å². The first-order valence-electron chi connectivity index (χ1n) is 13.8. The molecule has 0 aliphatic carbocycles. The fourth-order valence-corrected chi connectivity index (χ4v) is 4.75. The zero-order valence-electron chi connectivity index (χ0n) is 23.7. The van der Waals surface area contributed by atoms with Crippen molar-refractivity contribution in [3.8, 4) is 0 Å². The molecule has 5 N–H and O–H groups in total. The number of aliphatic imine (C=N–C) groups is 1. The van der Waals surface area contributed by atoms with Gasteiger partial charge in [-0.3, -0.25) is 29.1 Å². The molecule has 0 saturated carbocycles. The number of nitrogens with one attached hydrogen (secondary N) is 1. The summed E-state index contributed by atoms with van der Waals surface area (Å²) < 4.78 is 0. The maximum Gasteiger partial charge on any atom is 0.325 e. The molecule has 1 aliphatic rings. The Bertz CT molecular complexity index is 1060. The van der Waals surface area contributed by atoms with Gasteiger partial charge in [-0.1, -0.05) is 65.2 Å². The molecule has 1 aliphatic heterocycles. The van der Waals surface area contributed by atoms with Gasteiger partial charge in [-0.2, -0.15) is 0 Å². The summed E-state index contributed by atoms with van der Waals surface area (Å²) >= 11 is 0. The fourth-order valence-electron chi connectivity index (χ4n) is 4.75. The highest BCUT2D eigenvalue weighted by Gasteiger charge is 2.45. The molecule has 0 unspecified atom stereocenters. The lowest BCUT2D eigenvalue weighted by molar-refractivity contribution is -0.155. The number of carbonyl (C=O) groups is 4. The first kappa shape index (κ1) is 32.1. The van der Waals surface area contributed by atoms with Crippen molar-refractivity contribution >= 4 is 35.6 Å². The Morgan fingerprint density at radius 2 is 1.77 bits per heavy atom. The van der Waals surface area contributed by atoms with Crippen LogP contribution in [0.4, 0.5) is 5.69 Å². The third-order valence-electron chi connectivity index (χ3n) is 7.09. The molecule has 1 heterocycles. The molecule has 0 bridgehead atoms. The Kier molecular flexibility index (Phi) is 11.8. The number of unbranched alkanes of at least 4 members (excludes halogenated alkanes) is 1. The molecule has 3 amide bonds. The molecule has 5 atom stereocenters. The number of hydrogen-bond donors (Lipinski definition) is 4. The number of fused-ring (bicyclic) bond motifs is 1. The average Bonchev–Trinajstić information content (AvgIpc) is 3.21. The molecule has 10 nitrogen and oxygen atoms in total. The molecule has 216 valence electrons. The lowest BCUT2D eigenvalue weighted by atomic mass is 9.87. The quantitative estimate of drug-likeness (QED) is 0.263. The van der Waals surface area contributed by atoms with Crippen molar-refractivity contribution in [2.75, 3.05) is 0 Å². The van der Waals surface area contributed by atoms with Gasteiger partial charge >= 0.3 is 5.97 Å². The van der Waals surface area contributed by atoms with Crippen molar-refractivity contribution in [1.82, 2.24) is 10.2 Å². The summed E-state index contributed by atoms with van der Waals surface area (Å²) in [6.07, 6.45) is 4.65. The van der Waals surface area contributed by atoms with Gasteiger partial charge in [-0.25, -0.2) is 0 Å². The predicted molar refractivity (Wildman–Crippen MR) is 149 cm³/mol. The van der Waals surface area contributed by atoms with Crippen LogP contribution < -0.4 is 11.1 Å². The van der Waals surface area contributed by atoms with Gasteiger partial charge in [0.15, 0.2) is 0 Å². The summed E-state index contributed by atoms with van der Waals surface area (Å²) in [5.41, 5.74) is 5.39. The highest BCUT2D eigenvalue weighted by molar-refractivity contribution is 6.03. The number of nitrogens with zero attached hydrogens (tertiary/aromatic N) is 2. The number of aliphatic hydroxyl groups is 1. The van der Waals surface area contributed by atoms with E-state index in [-0.39, 0.29) is 24.7 Å². The van der Waals surface area contributed by atoms with Crippen LogP contribution in [0.1, 0.15) is 85.1 Å². The number of benzene rings is 1. The van der Waals surface area contributed by atoms with E-state index < -0.39 is 53.8 Å². The molecule has 39 heavy (non-hydrogen) atoms. The molecule has 0 radical (unpaired) electrons. The van der Waals surface area contributed by atoms with Crippen LogP contribution >= 0.6 is 0 Å². The van der Waals surface area contributed by atoms with Crippen molar-refractivity contribution in [1.29, 1.82) is 0 Å². The molecule has 10 heteroatoms. The number of para-hydroxylation sites is 1. The number of carboxylic acid groups (broad SMARTS) is 1.